The van der Waals surface area contributed by atoms with E-state index in [0.29, 0.717) is 17.0 Å². The number of anilines is 1. The van der Waals surface area contributed by atoms with Gasteiger partial charge in [0.1, 0.15) is 41.2 Å². The molecule has 0 radical (unpaired) electrons. The SMILES string of the molecule is COc1ccc(F)c2c1cc(C#N)n2CCNc1cc(-c2ccc(O)c(C(F)(F)F)c2)ncn1. The van der Waals surface area contributed by atoms with Crippen LogP contribution in [-0.4, -0.2) is 33.3 Å². The van der Waals surface area contributed by atoms with Gasteiger partial charge in [-0.2, -0.15) is 18.4 Å². The Hall–Kier alpha value is -4.33. The molecule has 0 aliphatic carbocycles. The van der Waals surface area contributed by atoms with Crippen LogP contribution in [0.15, 0.2) is 48.8 Å². The Morgan fingerprint density at radius 3 is 2.65 bits per heavy atom. The van der Waals surface area contributed by atoms with Crippen molar-refractivity contribution < 1.29 is 27.4 Å². The van der Waals surface area contributed by atoms with Gasteiger partial charge in [-0.25, -0.2) is 14.4 Å². The van der Waals surface area contributed by atoms with Crippen LogP contribution in [0.2, 0.25) is 0 Å². The molecule has 0 aliphatic heterocycles. The van der Waals surface area contributed by atoms with Crippen molar-refractivity contribution in [3.05, 3.63) is 65.9 Å². The number of halogens is 4. The predicted molar refractivity (Wildman–Crippen MR) is 116 cm³/mol. The van der Waals surface area contributed by atoms with E-state index >= 15 is 0 Å². The van der Waals surface area contributed by atoms with Gasteiger partial charge in [-0.3, -0.25) is 0 Å². The zero-order valence-corrected chi connectivity index (χ0v) is 17.7. The number of nitrogens with zero attached hydrogens (tertiary/aromatic N) is 4. The number of benzene rings is 2. The first-order chi connectivity index (χ1) is 16.2. The lowest BCUT2D eigenvalue weighted by molar-refractivity contribution is -0.138. The highest BCUT2D eigenvalue weighted by molar-refractivity contribution is 5.88. The molecule has 174 valence electrons. The van der Waals surface area contributed by atoms with Gasteiger partial charge in [0.05, 0.1) is 23.9 Å². The Morgan fingerprint density at radius 2 is 1.94 bits per heavy atom. The van der Waals surface area contributed by atoms with Crippen LogP contribution in [0.5, 0.6) is 11.5 Å². The second-order valence-corrected chi connectivity index (χ2v) is 7.25. The fourth-order valence-electron chi connectivity index (χ4n) is 3.64. The third-order valence-electron chi connectivity index (χ3n) is 5.21. The summed E-state index contributed by atoms with van der Waals surface area (Å²) in [6, 6.07) is 10.9. The summed E-state index contributed by atoms with van der Waals surface area (Å²) < 4.78 is 60.6. The first-order valence-electron chi connectivity index (χ1n) is 9.95. The normalized spacial score (nSPS) is 11.4. The van der Waals surface area contributed by atoms with Crippen molar-refractivity contribution >= 4 is 16.7 Å². The number of aromatic nitrogens is 3. The molecule has 0 atom stereocenters. The summed E-state index contributed by atoms with van der Waals surface area (Å²) in [7, 11) is 1.45. The van der Waals surface area contributed by atoms with Gasteiger partial charge >= 0.3 is 6.18 Å². The number of hydrogen-bond acceptors (Lipinski definition) is 6. The van der Waals surface area contributed by atoms with E-state index in [0.717, 1.165) is 12.1 Å². The molecule has 34 heavy (non-hydrogen) atoms. The molecule has 11 heteroatoms. The van der Waals surface area contributed by atoms with Crippen molar-refractivity contribution in [2.45, 2.75) is 12.7 Å². The van der Waals surface area contributed by atoms with Gasteiger partial charge in [0.15, 0.2) is 0 Å². The quantitative estimate of drug-likeness (QED) is 0.386. The van der Waals surface area contributed by atoms with Crippen LogP contribution in [-0.2, 0) is 12.7 Å². The first-order valence-corrected chi connectivity index (χ1v) is 9.95. The first kappa shape index (κ1) is 22.8. The molecular formula is C23H17F4N5O2. The maximum absolute atomic E-state index is 14.5. The van der Waals surface area contributed by atoms with E-state index in [2.05, 4.69) is 15.3 Å². The fourth-order valence-corrected chi connectivity index (χ4v) is 3.64. The van der Waals surface area contributed by atoms with Crippen LogP contribution in [0.25, 0.3) is 22.2 Å². The maximum atomic E-state index is 14.5. The van der Waals surface area contributed by atoms with Crippen molar-refractivity contribution in [2.75, 3.05) is 19.0 Å². The Balaban J connectivity index is 1.57. The predicted octanol–water partition coefficient (Wildman–Crippen LogP) is 4.95. The van der Waals surface area contributed by atoms with E-state index in [1.165, 1.54) is 42.3 Å². The average molecular weight is 471 g/mol. The van der Waals surface area contributed by atoms with Crippen LogP contribution in [0.4, 0.5) is 23.4 Å². The minimum atomic E-state index is -4.72. The molecule has 0 amide bonds. The minimum absolute atomic E-state index is 0.146. The molecule has 0 spiro atoms. The van der Waals surface area contributed by atoms with Gasteiger partial charge in [0.2, 0.25) is 0 Å². The third-order valence-corrected chi connectivity index (χ3v) is 5.21. The number of aromatic hydroxyl groups is 1. The van der Waals surface area contributed by atoms with E-state index in [1.54, 1.807) is 6.07 Å². The number of methoxy groups -OCH3 is 1. The maximum Gasteiger partial charge on any atom is 0.419 e. The highest BCUT2D eigenvalue weighted by Crippen LogP contribution is 2.38. The van der Waals surface area contributed by atoms with Crippen LogP contribution in [0.3, 0.4) is 0 Å². The number of rotatable bonds is 6. The number of nitrogens with one attached hydrogen (secondary N) is 1. The molecule has 0 bridgehead atoms. The molecule has 0 aliphatic rings. The molecule has 0 saturated heterocycles. The lowest BCUT2D eigenvalue weighted by Crippen LogP contribution is -2.13. The lowest BCUT2D eigenvalue weighted by atomic mass is 10.1. The molecule has 2 aromatic carbocycles. The largest absolute Gasteiger partial charge is 0.507 e. The monoisotopic (exact) mass is 471 g/mol. The number of fused-ring (bicyclic) bond motifs is 1. The summed E-state index contributed by atoms with van der Waals surface area (Å²) >= 11 is 0. The molecule has 2 N–H and O–H groups in total. The summed E-state index contributed by atoms with van der Waals surface area (Å²) in [6.07, 6.45) is -3.53. The number of nitriles is 1. The fraction of sp³-hybridized carbons (Fsp3) is 0.174. The highest BCUT2D eigenvalue weighted by atomic mass is 19.4. The molecule has 0 saturated carbocycles. The van der Waals surface area contributed by atoms with Crippen LogP contribution < -0.4 is 10.1 Å². The smallest absolute Gasteiger partial charge is 0.419 e. The Morgan fingerprint density at radius 1 is 1.15 bits per heavy atom. The second kappa shape index (κ2) is 8.90. The molecule has 4 rings (SSSR count). The Labute approximate surface area is 190 Å². The molecular weight excluding hydrogens is 454 g/mol. The van der Waals surface area contributed by atoms with Crippen molar-refractivity contribution in [2.24, 2.45) is 0 Å². The lowest BCUT2D eigenvalue weighted by Gasteiger charge is -2.12. The summed E-state index contributed by atoms with van der Waals surface area (Å²) in [4.78, 5) is 8.07. The third kappa shape index (κ3) is 4.30. The van der Waals surface area contributed by atoms with Gasteiger partial charge in [-0.15, -0.1) is 0 Å². The molecule has 2 heterocycles. The molecule has 0 unspecified atom stereocenters. The van der Waals surface area contributed by atoms with E-state index in [-0.39, 0.29) is 35.6 Å². The van der Waals surface area contributed by atoms with Crippen molar-refractivity contribution in [1.82, 2.24) is 14.5 Å². The molecule has 4 aromatic rings. The van der Waals surface area contributed by atoms with Crippen molar-refractivity contribution in [3.63, 3.8) is 0 Å². The summed E-state index contributed by atoms with van der Waals surface area (Å²) in [5.41, 5.74) is -0.341. The average Bonchev–Trinajstić information content (AvgIpc) is 3.18. The Kier molecular flexibility index (Phi) is 5.98. The molecule has 2 aromatic heterocycles. The zero-order valence-electron chi connectivity index (χ0n) is 17.7. The van der Waals surface area contributed by atoms with Gasteiger partial charge < -0.3 is 19.7 Å². The van der Waals surface area contributed by atoms with Gasteiger partial charge in [0, 0.05) is 30.1 Å². The van der Waals surface area contributed by atoms with Crippen molar-refractivity contribution in [3.8, 4) is 28.8 Å². The van der Waals surface area contributed by atoms with E-state index in [9.17, 15) is 27.9 Å². The van der Waals surface area contributed by atoms with Crippen LogP contribution in [0.1, 0.15) is 11.3 Å². The standard InChI is InChI=1S/C23H17F4N5O2/c1-34-20-5-3-17(24)22-15(20)9-14(11-28)32(22)7-6-29-21-10-18(30-12-31-21)13-2-4-19(33)16(8-13)23(25,26)27/h2-5,8-10,12,33H,6-7H2,1H3,(H,29,30,31). The number of phenols is 1. The topological polar surface area (TPSA) is 96.0 Å². The van der Waals surface area contributed by atoms with Gasteiger partial charge in [-0.1, -0.05) is 0 Å². The Bertz CT molecular complexity index is 1410. The number of phenolic OH excluding ortho intramolecular Hbond substituents is 1. The van der Waals surface area contributed by atoms with Crippen LogP contribution >= 0.6 is 0 Å². The van der Waals surface area contributed by atoms with E-state index in [1.807, 2.05) is 6.07 Å². The number of hydrogen-bond donors (Lipinski definition) is 2. The minimum Gasteiger partial charge on any atom is -0.507 e. The van der Waals surface area contributed by atoms with Gasteiger partial charge in [-0.05, 0) is 36.4 Å². The molecule has 0 fully saturated rings. The number of alkyl halides is 3. The van der Waals surface area contributed by atoms with E-state index < -0.39 is 23.3 Å². The summed E-state index contributed by atoms with van der Waals surface area (Å²) in [5.74, 6) is -0.624. The second-order valence-electron chi connectivity index (χ2n) is 7.25. The summed E-state index contributed by atoms with van der Waals surface area (Å²) in [5, 5.41) is 22.5. The summed E-state index contributed by atoms with van der Waals surface area (Å²) in [6.45, 7) is 0.433. The van der Waals surface area contributed by atoms with E-state index in [4.69, 9.17) is 4.74 Å². The van der Waals surface area contributed by atoms with Crippen LogP contribution in [0, 0.1) is 17.1 Å². The highest BCUT2D eigenvalue weighted by Gasteiger charge is 2.34. The number of ether oxygens (including phenoxy) is 1. The van der Waals surface area contributed by atoms with Crippen molar-refractivity contribution in [1.29, 1.82) is 5.26 Å². The molecule has 7 nitrogen and oxygen atoms in total. The zero-order chi connectivity index (χ0) is 24.5. The van der Waals surface area contributed by atoms with Gasteiger partial charge in [0.25, 0.3) is 0 Å².